The van der Waals surface area contributed by atoms with Gasteiger partial charge in [0.05, 0.1) is 17.3 Å². The first-order chi connectivity index (χ1) is 8.09. The standard InChI is InChI=1S/C10H16Br2N2O3S/c1-10(2,14-18(3,15)16)6-13-5-7-4-8(11)9(12)17-7/h4,13-14H,5-6H2,1-3H3. The van der Waals surface area contributed by atoms with Crippen molar-refractivity contribution in [3.63, 3.8) is 0 Å². The summed E-state index contributed by atoms with van der Waals surface area (Å²) < 4.78 is 31.8. The maximum atomic E-state index is 11.2. The quantitative estimate of drug-likeness (QED) is 0.763. The average Bonchev–Trinajstić information content (AvgIpc) is 2.41. The van der Waals surface area contributed by atoms with Crippen molar-refractivity contribution in [2.45, 2.75) is 25.9 Å². The summed E-state index contributed by atoms with van der Waals surface area (Å²) >= 11 is 6.58. The van der Waals surface area contributed by atoms with E-state index in [1.807, 2.05) is 19.9 Å². The van der Waals surface area contributed by atoms with E-state index in [1.165, 1.54) is 0 Å². The van der Waals surface area contributed by atoms with Crippen molar-refractivity contribution in [3.8, 4) is 0 Å². The van der Waals surface area contributed by atoms with Gasteiger partial charge in [-0.2, -0.15) is 0 Å². The highest BCUT2D eigenvalue weighted by Gasteiger charge is 2.21. The minimum absolute atomic E-state index is 0.496. The molecule has 0 saturated carbocycles. The van der Waals surface area contributed by atoms with E-state index in [2.05, 4.69) is 41.9 Å². The molecule has 0 atom stereocenters. The van der Waals surface area contributed by atoms with Crippen molar-refractivity contribution in [3.05, 3.63) is 21.0 Å². The van der Waals surface area contributed by atoms with E-state index in [9.17, 15) is 8.42 Å². The molecule has 0 spiro atoms. The molecular formula is C10H16Br2N2O3S. The van der Waals surface area contributed by atoms with Crippen LogP contribution in [-0.2, 0) is 16.6 Å². The molecule has 2 N–H and O–H groups in total. The van der Waals surface area contributed by atoms with Gasteiger partial charge in [0.1, 0.15) is 5.76 Å². The Kier molecular flexibility index (Phi) is 5.43. The zero-order chi connectivity index (χ0) is 14.0. The second-order valence-electron chi connectivity index (χ2n) is 4.70. The highest BCUT2D eigenvalue weighted by molar-refractivity contribution is 9.13. The fourth-order valence-electron chi connectivity index (χ4n) is 1.51. The van der Waals surface area contributed by atoms with Crippen molar-refractivity contribution in [1.82, 2.24) is 10.0 Å². The molecule has 0 aliphatic carbocycles. The molecule has 0 aliphatic rings. The second kappa shape index (κ2) is 6.04. The van der Waals surface area contributed by atoms with Gasteiger partial charge in [0.25, 0.3) is 0 Å². The SMILES string of the molecule is CC(C)(CNCc1cc(Br)c(Br)o1)NS(C)(=O)=O. The molecule has 0 fully saturated rings. The Balaban J connectivity index is 2.46. The largest absolute Gasteiger partial charge is 0.452 e. The van der Waals surface area contributed by atoms with Gasteiger partial charge in [0.2, 0.25) is 10.0 Å². The summed E-state index contributed by atoms with van der Waals surface area (Å²) in [4.78, 5) is 0. The summed E-state index contributed by atoms with van der Waals surface area (Å²) in [6.07, 6.45) is 1.15. The van der Waals surface area contributed by atoms with Gasteiger partial charge >= 0.3 is 0 Å². The third kappa shape index (κ3) is 5.83. The molecular weight excluding hydrogens is 388 g/mol. The Morgan fingerprint density at radius 2 is 2.00 bits per heavy atom. The van der Waals surface area contributed by atoms with Crippen LogP contribution in [0.15, 0.2) is 19.6 Å². The van der Waals surface area contributed by atoms with Crippen molar-refractivity contribution in [1.29, 1.82) is 0 Å². The highest BCUT2D eigenvalue weighted by atomic mass is 79.9. The minimum Gasteiger partial charge on any atom is -0.452 e. The van der Waals surface area contributed by atoms with Crippen LogP contribution in [0.4, 0.5) is 0 Å². The number of sulfonamides is 1. The fraction of sp³-hybridized carbons (Fsp3) is 0.600. The smallest absolute Gasteiger partial charge is 0.209 e. The number of hydrogen-bond donors (Lipinski definition) is 2. The minimum atomic E-state index is -3.21. The maximum Gasteiger partial charge on any atom is 0.209 e. The molecule has 5 nitrogen and oxygen atoms in total. The van der Waals surface area contributed by atoms with Gasteiger partial charge in [-0.1, -0.05) is 0 Å². The first kappa shape index (κ1) is 16.2. The van der Waals surface area contributed by atoms with Crippen LogP contribution < -0.4 is 10.0 Å². The van der Waals surface area contributed by atoms with E-state index in [0.29, 0.717) is 17.8 Å². The van der Waals surface area contributed by atoms with Gasteiger partial charge in [-0.25, -0.2) is 13.1 Å². The molecule has 1 aromatic rings. The van der Waals surface area contributed by atoms with E-state index >= 15 is 0 Å². The highest BCUT2D eigenvalue weighted by Crippen LogP contribution is 2.26. The van der Waals surface area contributed by atoms with Gasteiger partial charge in [-0.15, -0.1) is 0 Å². The van der Waals surface area contributed by atoms with E-state index < -0.39 is 15.6 Å². The van der Waals surface area contributed by atoms with Gasteiger partial charge < -0.3 is 9.73 Å². The lowest BCUT2D eigenvalue weighted by Crippen LogP contribution is -2.49. The summed E-state index contributed by atoms with van der Waals surface area (Å²) in [6.45, 7) is 4.65. The molecule has 1 rings (SSSR count). The van der Waals surface area contributed by atoms with Crippen molar-refractivity contribution < 1.29 is 12.8 Å². The molecule has 18 heavy (non-hydrogen) atoms. The topological polar surface area (TPSA) is 71.3 Å². The summed E-state index contributed by atoms with van der Waals surface area (Å²) in [5.74, 6) is 0.768. The lowest BCUT2D eigenvalue weighted by Gasteiger charge is -2.25. The Morgan fingerprint density at radius 1 is 1.39 bits per heavy atom. The molecule has 0 unspecified atom stereocenters. The summed E-state index contributed by atoms with van der Waals surface area (Å²) in [5, 5.41) is 3.14. The average molecular weight is 404 g/mol. The fourth-order valence-corrected chi connectivity index (χ4v) is 3.25. The van der Waals surface area contributed by atoms with E-state index in [-0.39, 0.29) is 0 Å². The number of furan rings is 1. The Bertz CT molecular complexity index is 492. The van der Waals surface area contributed by atoms with Crippen LogP contribution in [0, 0.1) is 0 Å². The van der Waals surface area contributed by atoms with Gasteiger partial charge in [0.15, 0.2) is 4.67 Å². The molecule has 8 heteroatoms. The van der Waals surface area contributed by atoms with Gasteiger partial charge in [-0.05, 0) is 51.8 Å². The third-order valence-electron chi connectivity index (χ3n) is 2.02. The molecule has 0 saturated heterocycles. The molecule has 0 amide bonds. The Hall–Kier alpha value is 0.110. The molecule has 1 heterocycles. The van der Waals surface area contributed by atoms with E-state index in [4.69, 9.17) is 4.42 Å². The third-order valence-corrected chi connectivity index (χ3v) is 4.66. The molecule has 0 aromatic carbocycles. The lowest BCUT2D eigenvalue weighted by atomic mass is 10.1. The predicted molar refractivity (Wildman–Crippen MR) is 77.9 cm³/mol. The van der Waals surface area contributed by atoms with E-state index in [0.717, 1.165) is 16.5 Å². The summed E-state index contributed by atoms with van der Waals surface area (Å²) in [6, 6.07) is 1.86. The lowest BCUT2D eigenvalue weighted by molar-refractivity contribution is 0.399. The van der Waals surface area contributed by atoms with Crippen LogP contribution >= 0.6 is 31.9 Å². The first-order valence-corrected chi connectivity index (χ1v) is 8.70. The molecule has 1 aromatic heterocycles. The maximum absolute atomic E-state index is 11.2. The molecule has 0 aliphatic heterocycles. The molecule has 0 radical (unpaired) electrons. The van der Waals surface area contributed by atoms with Gasteiger partial charge in [-0.3, -0.25) is 0 Å². The number of nitrogens with one attached hydrogen (secondary N) is 2. The summed E-state index contributed by atoms with van der Waals surface area (Å²) in [7, 11) is -3.21. The molecule has 104 valence electrons. The van der Waals surface area contributed by atoms with E-state index in [1.54, 1.807) is 0 Å². The van der Waals surface area contributed by atoms with Crippen molar-refractivity contribution in [2.75, 3.05) is 12.8 Å². The number of halogens is 2. The van der Waals surface area contributed by atoms with Crippen LogP contribution in [0.1, 0.15) is 19.6 Å². The zero-order valence-corrected chi connectivity index (χ0v) is 14.4. The number of rotatable bonds is 6. The van der Waals surface area contributed by atoms with Crippen LogP contribution in [0.5, 0.6) is 0 Å². The van der Waals surface area contributed by atoms with Crippen molar-refractivity contribution in [2.24, 2.45) is 0 Å². The predicted octanol–water partition coefficient (Wildman–Crippen LogP) is 2.22. The van der Waals surface area contributed by atoms with Gasteiger partial charge in [0, 0.05) is 12.1 Å². The normalized spacial score (nSPS) is 12.9. The van der Waals surface area contributed by atoms with Crippen LogP contribution in [0.3, 0.4) is 0 Å². The first-order valence-electron chi connectivity index (χ1n) is 5.22. The monoisotopic (exact) mass is 402 g/mol. The van der Waals surface area contributed by atoms with Crippen molar-refractivity contribution >= 4 is 41.9 Å². The Morgan fingerprint density at radius 3 is 2.44 bits per heavy atom. The number of hydrogen-bond acceptors (Lipinski definition) is 4. The molecule has 0 bridgehead atoms. The second-order valence-corrected chi connectivity index (χ2v) is 8.02. The summed E-state index contributed by atoms with van der Waals surface area (Å²) in [5.41, 5.74) is -0.547. The van der Waals surface area contributed by atoms with Crippen LogP contribution in [-0.4, -0.2) is 26.8 Å². The zero-order valence-electron chi connectivity index (χ0n) is 10.4. The Labute approximate surface area is 124 Å². The van der Waals surface area contributed by atoms with Crippen LogP contribution in [0.25, 0.3) is 0 Å². The van der Waals surface area contributed by atoms with Crippen LogP contribution in [0.2, 0.25) is 0 Å².